The Balaban J connectivity index is 2.12. The third-order valence-corrected chi connectivity index (χ3v) is 4.11. The molecule has 2 N–H and O–H groups in total. The lowest BCUT2D eigenvalue weighted by molar-refractivity contribution is 0.0964. The standard InChI is InChI=1S/C15H18N2O4/c1-16-10(3-2-6-18)9(8-19)13-14(16)12(20)7-11(15(13)21)17-4-5-17/h7,18-19H,2-6,8H2,1H3. The predicted molar refractivity (Wildman–Crippen MR) is 75.1 cm³/mol. The number of fused-ring (bicyclic) bond motifs is 1. The van der Waals surface area contributed by atoms with Crippen LogP contribution in [0.1, 0.15) is 38.5 Å². The van der Waals surface area contributed by atoms with Crippen LogP contribution in [0.3, 0.4) is 0 Å². The number of ketones is 2. The van der Waals surface area contributed by atoms with Gasteiger partial charge in [0.1, 0.15) is 5.69 Å². The summed E-state index contributed by atoms with van der Waals surface area (Å²) >= 11 is 0. The van der Waals surface area contributed by atoms with Gasteiger partial charge in [-0.05, 0) is 12.8 Å². The van der Waals surface area contributed by atoms with Gasteiger partial charge in [0.05, 0.1) is 17.9 Å². The molecule has 2 aliphatic rings. The van der Waals surface area contributed by atoms with Crippen molar-refractivity contribution in [3.05, 3.63) is 34.3 Å². The van der Waals surface area contributed by atoms with E-state index in [1.165, 1.54) is 6.08 Å². The highest BCUT2D eigenvalue weighted by atomic mass is 16.3. The van der Waals surface area contributed by atoms with Crippen molar-refractivity contribution in [1.29, 1.82) is 0 Å². The minimum absolute atomic E-state index is 0.0277. The van der Waals surface area contributed by atoms with Gasteiger partial charge in [0, 0.05) is 44.1 Å². The smallest absolute Gasteiger partial charge is 0.211 e. The molecule has 1 aromatic rings. The zero-order chi connectivity index (χ0) is 15.1. The highest BCUT2D eigenvalue weighted by molar-refractivity contribution is 6.24. The first-order chi connectivity index (χ1) is 10.1. The molecule has 1 aromatic heterocycles. The molecule has 1 aliphatic carbocycles. The van der Waals surface area contributed by atoms with E-state index >= 15 is 0 Å². The Bertz CT molecular complexity index is 653. The molecule has 0 amide bonds. The van der Waals surface area contributed by atoms with Gasteiger partial charge in [0.2, 0.25) is 11.6 Å². The Morgan fingerprint density at radius 2 is 1.95 bits per heavy atom. The second-order valence-corrected chi connectivity index (χ2v) is 5.40. The minimum Gasteiger partial charge on any atom is -0.396 e. The van der Waals surface area contributed by atoms with Crippen LogP contribution in [0.4, 0.5) is 0 Å². The molecule has 0 aromatic carbocycles. The van der Waals surface area contributed by atoms with Crippen molar-refractivity contribution in [3.63, 3.8) is 0 Å². The first-order valence-electron chi connectivity index (χ1n) is 7.08. The van der Waals surface area contributed by atoms with Crippen molar-refractivity contribution >= 4 is 11.6 Å². The zero-order valence-corrected chi connectivity index (χ0v) is 11.9. The molecule has 0 spiro atoms. The topological polar surface area (TPSA) is 82.5 Å². The monoisotopic (exact) mass is 290 g/mol. The van der Waals surface area contributed by atoms with E-state index < -0.39 is 0 Å². The molecule has 0 unspecified atom stereocenters. The summed E-state index contributed by atoms with van der Waals surface area (Å²) in [5.41, 5.74) is 2.39. The molecule has 1 saturated heterocycles. The van der Waals surface area contributed by atoms with Gasteiger partial charge in [-0.25, -0.2) is 0 Å². The Morgan fingerprint density at radius 1 is 1.24 bits per heavy atom. The number of carbonyl (C=O) groups excluding carboxylic acids is 2. The van der Waals surface area contributed by atoms with Crippen LogP contribution in [0.25, 0.3) is 0 Å². The average molecular weight is 290 g/mol. The Kier molecular flexibility index (Phi) is 3.43. The van der Waals surface area contributed by atoms with Gasteiger partial charge in [0.25, 0.3) is 0 Å². The fourth-order valence-corrected chi connectivity index (χ4v) is 2.97. The summed E-state index contributed by atoms with van der Waals surface area (Å²) in [4.78, 5) is 26.8. The van der Waals surface area contributed by atoms with Gasteiger partial charge in [-0.2, -0.15) is 0 Å². The van der Waals surface area contributed by atoms with E-state index in [0.29, 0.717) is 35.4 Å². The SMILES string of the molecule is Cn1c(CCCO)c(CO)c2c1C(=O)C=C(N1CC1)C2=O. The van der Waals surface area contributed by atoms with Crippen LogP contribution in [0, 0.1) is 0 Å². The molecular formula is C15H18N2O4. The average Bonchev–Trinajstić information content (AvgIpc) is 3.25. The van der Waals surface area contributed by atoms with Crippen molar-refractivity contribution in [1.82, 2.24) is 9.47 Å². The van der Waals surface area contributed by atoms with E-state index in [1.54, 1.807) is 11.6 Å². The Hall–Kier alpha value is -1.92. The van der Waals surface area contributed by atoms with Gasteiger partial charge in [0.15, 0.2) is 0 Å². The number of hydrogen-bond donors (Lipinski definition) is 2. The van der Waals surface area contributed by atoms with Crippen LogP contribution < -0.4 is 0 Å². The van der Waals surface area contributed by atoms with Crippen LogP contribution >= 0.6 is 0 Å². The number of carbonyl (C=O) groups is 2. The van der Waals surface area contributed by atoms with E-state index in [4.69, 9.17) is 5.11 Å². The van der Waals surface area contributed by atoms with Crippen LogP contribution in [0.5, 0.6) is 0 Å². The molecule has 1 aliphatic heterocycles. The lowest BCUT2D eigenvalue weighted by Gasteiger charge is -2.14. The van der Waals surface area contributed by atoms with Crippen molar-refractivity contribution in [2.75, 3.05) is 19.7 Å². The molecule has 21 heavy (non-hydrogen) atoms. The first kappa shape index (κ1) is 14.0. The van der Waals surface area contributed by atoms with Crippen molar-refractivity contribution in [2.45, 2.75) is 19.4 Å². The van der Waals surface area contributed by atoms with Gasteiger partial charge < -0.3 is 19.7 Å². The Morgan fingerprint density at radius 3 is 2.52 bits per heavy atom. The van der Waals surface area contributed by atoms with E-state index in [2.05, 4.69) is 0 Å². The summed E-state index contributed by atoms with van der Waals surface area (Å²) in [5.74, 6) is -0.379. The third-order valence-electron chi connectivity index (χ3n) is 4.11. The number of Topliss-reactive ketones (excluding diaryl/α,β-unsaturated/α-hetero) is 1. The van der Waals surface area contributed by atoms with Crippen LogP contribution in [0.2, 0.25) is 0 Å². The minimum atomic E-state index is -0.282. The summed E-state index contributed by atoms with van der Waals surface area (Å²) in [6.07, 6.45) is 2.45. The molecule has 0 saturated carbocycles. The highest BCUT2D eigenvalue weighted by Crippen LogP contribution is 2.32. The second kappa shape index (κ2) is 5.13. The lowest BCUT2D eigenvalue weighted by atomic mass is 9.94. The molecule has 0 atom stereocenters. The first-order valence-corrected chi connectivity index (χ1v) is 7.08. The maximum Gasteiger partial charge on any atom is 0.211 e. The van der Waals surface area contributed by atoms with Crippen molar-refractivity contribution in [3.8, 4) is 0 Å². The van der Waals surface area contributed by atoms with E-state index in [0.717, 1.165) is 18.8 Å². The maximum atomic E-state index is 12.6. The fraction of sp³-hybridized carbons (Fsp3) is 0.467. The van der Waals surface area contributed by atoms with E-state index in [9.17, 15) is 14.7 Å². The number of allylic oxidation sites excluding steroid dienone is 2. The molecule has 0 bridgehead atoms. The molecule has 2 heterocycles. The predicted octanol–water partition coefficient (Wildman–Crippen LogP) is 0.0208. The van der Waals surface area contributed by atoms with E-state index in [-0.39, 0.29) is 24.8 Å². The number of aliphatic hydroxyl groups excluding tert-OH is 2. The zero-order valence-electron chi connectivity index (χ0n) is 11.9. The summed E-state index contributed by atoms with van der Waals surface area (Å²) < 4.78 is 1.69. The molecule has 1 fully saturated rings. The maximum absolute atomic E-state index is 12.6. The quantitative estimate of drug-likeness (QED) is 0.747. The summed E-state index contributed by atoms with van der Waals surface area (Å²) in [5, 5.41) is 18.6. The number of hydrogen-bond acceptors (Lipinski definition) is 5. The number of aliphatic hydroxyl groups is 2. The van der Waals surface area contributed by atoms with Gasteiger partial charge in [-0.1, -0.05) is 0 Å². The van der Waals surface area contributed by atoms with Crippen molar-refractivity contribution in [2.24, 2.45) is 7.05 Å². The van der Waals surface area contributed by atoms with Crippen molar-refractivity contribution < 1.29 is 19.8 Å². The summed E-state index contributed by atoms with van der Waals surface area (Å²) in [6, 6.07) is 0. The molecule has 112 valence electrons. The summed E-state index contributed by atoms with van der Waals surface area (Å²) in [6.45, 7) is 1.33. The van der Waals surface area contributed by atoms with Crippen LogP contribution in [0.15, 0.2) is 11.8 Å². The van der Waals surface area contributed by atoms with E-state index in [1.807, 2.05) is 4.90 Å². The second-order valence-electron chi connectivity index (χ2n) is 5.40. The normalized spacial score (nSPS) is 17.1. The van der Waals surface area contributed by atoms with Gasteiger partial charge in [-0.3, -0.25) is 9.59 Å². The molecule has 6 heteroatoms. The number of nitrogens with zero attached hydrogens (tertiary/aromatic N) is 2. The number of rotatable bonds is 5. The molecule has 3 rings (SSSR count). The van der Waals surface area contributed by atoms with Crippen LogP contribution in [-0.2, 0) is 20.1 Å². The molecular weight excluding hydrogens is 272 g/mol. The third kappa shape index (κ3) is 2.11. The van der Waals surface area contributed by atoms with Gasteiger partial charge in [-0.15, -0.1) is 0 Å². The van der Waals surface area contributed by atoms with Gasteiger partial charge >= 0.3 is 0 Å². The largest absolute Gasteiger partial charge is 0.396 e. The van der Waals surface area contributed by atoms with Crippen LogP contribution in [-0.4, -0.2) is 50.9 Å². The lowest BCUT2D eigenvalue weighted by Crippen LogP contribution is -2.22. The highest BCUT2D eigenvalue weighted by Gasteiger charge is 2.38. The summed E-state index contributed by atoms with van der Waals surface area (Å²) in [7, 11) is 1.73. The molecule has 6 nitrogen and oxygen atoms in total. The number of aromatic nitrogens is 1. The molecule has 0 radical (unpaired) electrons. The fourth-order valence-electron chi connectivity index (χ4n) is 2.97. The Labute approximate surface area is 122 Å².